The van der Waals surface area contributed by atoms with Crippen molar-refractivity contribution in [3.05, 3.63) is 65.7 Å². The normalized spacial score (nSPS) is 13.9. The molecule has 0 aliphatic carbocycles. The highest BCUT2D eigenvalue weighted by Gasteiger charge is 2.30. The molecule has 134 valence electrons. The molecule has 0 bridgehead atoms. The molecule has 0 atom stereocenters. The van der Waals surface area contributed by atoms with Crippen molar-refractivity contribution in [3.8, 4) is 10.6 Å². The fraction of sp³-hybridized carbons (Fsp3) is 0.100. The first kappa shape index (κ1) is 17.1. The molecule has 7 heteroatoms. The number of nitrogens with zero attached hydrogens (tertiary/aromatic N) is 2. The van der Waals surface area contributed by atoms with E-state index in [1.807, 2.05) is 29.6 Å². The number of rotatable bonds is 4. The van der Waals surface area contributed by atoms with Gasteiger partial charge in [-0.05, 0) is 36.4 Å². The lowest BCUT2D eigenvalue weighted by Crippen LogP contribution is -2.28. The second kappa shape index (κ2) is 7.13. The van der Waals surface area contributed by atoms with Gasteiger partial charge in [0, 0.05) is 41.2 Å². The summed E-state index contributed by atoms with van der Waals surface area (Å²) in [4.78, 5) is 41.5. The van der Waals surface area contributed by atoms with Crippen LogP contribution in [0.4, 0.5) is 11.4 Å². The van der Waals surface area contributed by atoms with Crippen molar-refractivity contribution < 1.29 is 14.4 Å². The number of amides is 3. The standard InChI is InChI=1S/C20H15N3O3S/c24-17-8-9-18(25)23(17)16-6-4-13(5-7-16)19(26)22-15-3-1-2-14(12-15)20-21-10-11-27-20/h1-7,10-12H,8-9H2,(H,22,26). The summed E-state index contributed by atoms with van der Waals surface area (Å²) in [6.45, 7) is 0. The van der Waals surface area contributed by atoms with Crippen molar-refractivity contribution >= 4 is 40.4 Å². The number of imide groups is 1. The van der Waals surface area contributed by atoms with Gasteiger partial charge < -0.3 is 5.32 Å². The van der Waals surface area contributed by atoms with Crippen LogP contribution in [0.15, 0.2) is 60.1 Å². The predicted octanol–water partition coefficient (Wildman–Crippen LogP) is 3.72. The fourth-order valence-electron chi connectivity index (χ4n) is 2.93. The lowest BCUT2D eigenvalue weighted by atomic mass is 10.1. The molecule has 0 unspecified atom stereocenters. The van der Waals surface area contributed by atoms with E-state index < -0.39 is 0 Å². The molecule has 1 saturated heterocycles. The first-order chi connectivity index (χ1) is 13.1. The average molecular weight is 377 g/mol. The molecule has 1 aliphatic rings. The van der Waals surface area contributed by atoms with Gasteiger partial charge >= 0.3 is 0 Å². The molecule has 0 radical (unpaired) electrons. The van der Waals surface area contributed by atoms with Crippen molar-refractivity contribution in [2.45, 2.75) is 12.8 Å². The van der Waals surface area contributed by atoms with E-state index in [9.17, 15) is 14.4 Å². The Hall–Kier alpha value is -3.32. The van der Waals surface area contributed by atoms with E-state index in [4.69, 9.17) is 0 Å². The highest BCUT2D eigenvalue weighted by atomic mass is 32.1. The van der Waals surface area contributed by atoms with Crippen LogP contribution in [0.25, 0.3) is 10.6 Å². The Bertz CT molecular complexity index is 997. The molecule has 1 fully saturated rings. The zero-order valence-electron chi connectivity index (χ0n) is 14.2. The van der Waals surface area contributed by atoms with Gasteiger partial charge in [0.15, 0.2) is 0 Å². The van der Waals surface area contributed by atoms with Crippen LogP contribution < -0.4 is 10.2 Å². The third-order valence-electron chi connectivity index (χ3n) is 4.24. The molecule has 0 spiro atoms. The van der Waals surface area contributed by atoms with Gasteiger partial charge in [-0.25, -0.2) is 4.98 Å². The van der Waals surface area contributed by atoms with Crippen LogP contribution in [0.5, 0.6) is 0 Å². The minimum atomic E-state index is -0.267. The molecule has 1 N–H and O–H groups in total. The summed E-state index contributed by atoms with van der Waals surface area (Å²) >= 11 is 1.53. The van der Waals surface area contributed by atoms with Gasteiger partial charge in [0.2, 0.25) is 11.8 Å². The van der Waals surface area contributed by atoms with Crippen LogP contribution in [0, 0.1) is 0 Å². The Morgan fingerprint density at radius 3 is 2.44 bits per heavy atom. The smallest absolute Gasteiger partial charge is 0.255 e. The van der Waals surface area contributed by atoms with Crippen LogP contribution in [0.2, 0.25) is 0 Å². The van der Waals surface area contributed by atoms with Gasteiger partial charge in [-0.3, -0.25) is 19.3 Å². The maximum absolute atomic E-state index is 12.5. The Morgan fingerprint density at radius 1 is 1.04 bits per heavy atom. The summed E-state index contributed by atoms with van der Waals surface area (Å²) in [5, 5.41) is 5.64. The first-order valence-electron chi connectivity index (χ1n) is 8.39. The molecular weight excluding hydrogens is 362 g/mol. The summed E-state index contributed by atoms with van der Waals surface area (Å²) in [6.07, 6.45) is 2.20. The maximum Gasteiger partial charge on any atom is 0.255 e. The van der Waals surface area contributed by atoms with Crippen LogP contribution in [0.1, 0.15) is 23.2 Å². The summed E-state index contributed by atoms with van der Waals surface area (Å²) in [5.41, 5.74) is 2.54. The molecule has 3 aromatic rings. The van der Waals surface area contributed by atoms with E-state index in [1.54, 1.807) is 30.5 Å². The Morgan fingerprint density at radius 2 is 1.78 bits per heavy atom. The van der Waals surface area contributed by atoms with Gasteiger partial charge in [0.1, 0.15) is 5.01 Å². The van der Waals surface area contributed by atoms with E-state index in [0.717, 1.165) is 10.6 Å². The summed E-state index contributed by atoms with van der Waals surface area (Å²) in [6, 6.07) is 13.9. The van der Waals surface area contributed by atoms with Crippen molar-refractivity contribution in [1.29, 1.82) is 0 Å². The van der Waals surface area contributed by atoms with Crippen molar-refractivity contribution in [2.75, 3.05) is 10.2 Å². The zero-order chi connectivity index (χ0) is 18.8. The van der Waals surface area contributed by atoms with Gasteiger partial charge in [0.25, 0.3) is 5.91 Å². The van der Waals surface area contributed by atoms with Gasteiger partial charge in [-0.2, -0.15) is 0 Å². The zero-order valence-corrected chi connectivity index (χ0v) is 15.0. The van der Waals surface area contributed by atoms with Crippen molar-refractivity contribution in [3.63, 3.8) is 0 Å². The third kappa shape index (κ3) is 3.50. The number of aromatic nitrogens is 1. The Kier molecular flexibility index (Phi) is 4.52. The number of anilines is 2. The maximum atomic E-state index is 12.5. The van der Waals surface area contributed by atoms with Crippen molar-refractivity contribution in [1.82, 2.24) is 4.98 Å². The molecule has 6 nitrogen and oxygen atoms in total. The van der Waals surface area contributed by atoms with Crippen LogP contribution in [-0.2, 0) is 9.59 Å². The molecular formula is C20H15N3O3S. The molecule has 0 saturated carbocycles. The molecule has 2 heterocycles. The van der Waals surface area contributed by atoms with E-state index >= 15 is 0 Å². The summed E-state index contributed by atoms with van der Waals surface area (Å²) in [5.74, 6) is -0.690. The second-order valence-electron chi connectivity index (χ2n) is 6.04. The van der Waals surface area contributed by atoms with Gasteiger partial charge in [0.05, 0.1) is 5.69 Å². The van der Waals surface area contributed by atoms with Gasteiger partial charge in [-0.1, -0.05) is 12.1 Å². The van der Waals surface area contributed by atoms with Crippen LogP contribution in [-0.4, -0.2) is 22.7 Å². The van der Waals surface area contributed by atoms with Crippen LogP contribution in [0.3, 0.4) is 0 Å². The number of nitrogens with one attached hydrogen (secondary N) is 1. The topological polar surface area (TPSA) is 79.4 Å². The molecule has 27 heavy (non-hydrogen) atoms. The minimum absolute atomic E-state index is 0.212. The van der Waals surface area contributed by atoms with E-state index in [1.165, 1.54) is 16.2 Å². The number of carbonyl (C=O) groups is 3. The molecule has 1 aromatic heterocycles. The highest BCUT2D eigenvalue weighted by Crippen LogP contribution is 2.25. The molecule has 2 aromatic carbocycles. The number of benzene rings is 2. The lowest BCUT2D eigenvalue weighted by molar-refractivity contribution is -0.121. The average Bonchev–Trinajstić information content (AvgIpc) is 3.32. The monoisotopic (exact) mass is 377 g/mol. The quantitative estimate of drug-likeness (QED) is 0.703. The van der Waals surface area contributed by atoms with Crippen LogP contribution >= 0.6 is 11.3 Å². The lowest BCUT2D eigenvalue weighted by Gasteiger charge is -2.14. The third-order valence-corrected chi connectivity index (χ3v) is 5.06. The van der Waals surface area contributed by atoms with E-state index in [2.05, 4.69) is 10.3 Å². The first-order valence-corrected chi connectivity index (χ1v) is 9.27. The number of carbonyl (C=O) groups excluding carboxylic acids is 3. The molecule has 3 amide bonds. The number of hydrogen-bond acceptors (Lipinski definition) is 5. The summed E-state index contributed by atoms with van der Waals surface area (Å²) in [7, 11) is 0. The highest BCUT2D eigenvalue weighted by molar-refractivity contribution is 7.13. The largest absolute Gasteiger partial charge is 0.322 e. The number of hydrogen-bond donors (Lipinski definition) is 1. The Balaban J connectivity index is 1.50. The minimum Gasteiger partial charge on any atom is -0.322 e. The van der Waals surface area contributed by atoms with E-state index in [-0.39, 0.29) is 30.6 Å². The van der Waals surface area contributed by atoms with E-state index in [0.29, 0.717) is 16.9 Å². The van der Waals surface area contributed by atoms with Gasteiger partial charge in [-0.15, -0.1) is 11.3 Å². The summed E-state index contributed by atoms with van der Waals surface area (Å²) < 4.78 is 0. The fourth-order valence-corrected chi connectivity index (χ4v) is 3.56. The Labute approximate surface area is 159 Å². The second-order valence-corrected chi connectivity index (χ2v) is 6.94. The number of thiazole rings is 1. The predicted molar refractivity (Wildman–Crippen MR) is 104 cm³/mol. The molecule has 1 aliphatic heterocycles. The SMILES string of the molecule is O=C(Nc1cccc(-c2nccs2)c1)c1ccc(N2C(=O)CCC2=O)cc1. The van der Waals surface area contributed by atoms with Crippen molar-refractivity contribution in [2.24, 2.45) is 0 Å². The molecule has 4 rings (SSSR count).